The van der Waals surface area contributed by atoms with Crippen molar-refractivity contribution >= 4 is 33.2 Å². The third kappa shape index (κ3) is 6.06. The van der Waals surface area contributed by atoms with Gasteiger partial charge in [0, 0.05) is 10.6 Å². The summed E-state index contributed by atoms with van der Waals surface area (Å²) in [5.74, 6) is -0.614. The lowest BCUT2D eigenvalue weighted by Gasteiger charge is -2.23. The number of hydrogen-bond acceptors (Lipinski definition) is 3. The predicted molar refractivity (Wildman–Crippen MR) is 121 cm³/mol. The van der Waals surface area contributed by atoms with E-state index in [0.717, 1.165) is 11.8 Å². The molecule has 0 bridgehead atoms. The molecule has 1 amide bonds. The lowest BCUT2D eigenvalue weighted by Crippen LogP contribution is -2.29. The third-order valence-electron chi connectivity index (χ3n) is 4.76. The number of nitrogens with one attached hydrogen (secondary N) is 1. The highest BCUT2D eigenvalue weighted by Gasteiger charge is 2.19. The molecule has 0 saturated heterocycles. The van der Waals surface area contributed by atoms with Gasteiger partial charge in [0.1, 0.15) is 5.82 Å². The number of sulfonamides is 1. The molecular formula is C23H22ClFN2O3S. The topological polar surface area (TPSA) is 66.5 Å². The van der Waals surface area contributed by atoms with Gasteiger partial charge >= 0.3 is 0 Å². The molecule has 0 aliphatic rings. The van der Waals surface area contributed by atoms with E-state index in [9.17, 15) is 17.6 Å². The Morgan fingerprint density at radius 3 is 2.29 bits per heavy atom. The zero-order chi connectivity index (χ0) is 22.6. The normalized spacial score (nSPS) is 12.3. The summed E-state index contributed by atoms with van der Waals surface area (Å²) in [5.41, 5.74) is 2.40. The van der Waals surface area contributed by atoms with E-state index in [2.05, 4.69) is 5.32 Å². The number of amides is 1. The summed E-state index contributed by atoms with van der Waals surface area (Å²) in [6.07, 6.45) is 1.13. The molecule has 1 N–H and O–H groups in total. The quantitative estimate of drug-likeness (QED) is 0.543. The molecule has 1 atom stereocenters. The van der Waals surface area contributed by atoms with Crippen molar-refractivity contribution in [3.63, 3.8) is 0 Å². The highest BCUT2D eigenvalue weighted by molar-refractivity contribution is 7.92. The van der Waals surface area contributed by atoms with E-state index >= 15 is 0 Å². The van der Waals surface area contributed by atoms with Crippen LogP contribution in [0.2, 0.25) is 5.02 Å². The average Bonchev–Trinajstić information content (AvgIpc) is 2.72. The van der Waals surface area contributed by atoms with E-state index in [-0.39, 0.29) is 24.3 Å². The maximum absolute atomic E-state index is 13.1. The van der Waals surface area contributed by atoms with Gasteiger partial charge in [-0.1, -0.05) is 41.9 Å². The van der Waals surface area contributed by atoms with Crippen LogP contribution in [0, 0.1) is 5.82 Å². The molecule has 8 heteroatoms. The minimum Gasteiger partial charge on any atom is -0.346 e. The molecule has 1 unspecified atom stereocenters. The van der Waals surface area contributed by atoms with Gasteiger partial charge in [-0.15, -0.1) is 0 Å². The minimum atomic E-state index is -3.54. The van der Waals surface area contributed by atoms with Crippen molar-refractivity contribution in [3.8, 4) is 0 Å². The van der Waals surface area contributed by atoms with Gasteiger partial charge in [-0.3, -0.25) is 9.10 Å². The van der Waals surface area contributed by atoms with Crippen molar-refractivity contribution in [2.24, 2.45) is 0 Å². The van der Waals surface area contributed by atoms with Crippen LogP contribution in [0.3, 0.4) is 0 Å². The minimum absolute atomic E-state index is 0.104. The zero-order valence-electron chi connectivity index (χ0n) is 17.0. The molecule has 162 valence electrons. The van der Waals surface area contributed by atoms with Gasteiger partial charge < -0.3 is 5.32 Å². The first-order valence-electron chi connectivity index (χ1n) is 9.52. The fraction of sp³-hybridized carbons (Fsp3) is 0.174. The Bertz CT molecular complexity index is 1170. The number of hydrogen-bond donors (Lipinski definition) is 1. The summed E-state index contributed by atoms with van der Waals surface area (Å²) in [5, 5.41) is 3.30. The summed E-state index contributed by atoms with van der Waals surface area (Å²) in [6.45, 7) is 1.92. The van der Waals surface area contributed by atoms with E-state index in [1.807, 2.05) is 6.92 Å². The van der Waals surface area contributed by atoms with E-state index in [4.69, 9.17) is 11.6 Å². The average molecular weight is 461 g/mol. The van der Waals surface area contributed by atoms with Gasteiger partial charge in [0.05, 0.1) is 24.5 Å². The molecule has 31 heavy (non-hydrogen) atoms. The second-order valence-electron chi connectivity index (χ2n) is 7.19. The Morgan fingerprint density at radius 2 is 1.71 bits per heavy atom. The first kappa shape index (κ1) is 22.8. The van der Waals surface area contributed by atoms with E-state index in [1.165, 1.54) is 16.4 Å². The van der Waals surface area contributed by atoms with Crippen molar-refractivity contribution < 1.29 is 17.6 Å². The van der Waals surface area contributed by atoms with Crippen LogP contribution in [0.15, 0.2) is 72.8 Å². The van der Waals surface area contributed by atoms with Crippen molar-refractivity contribution in [1.29, 1.82) is 0 Å². The van der Waals surface area contributed by atoms with Gasteiger partial charge in [-0.25, -0.2) is 12.8 Å². The Balaban J connectivity index is 1.72. The molecule has 3 aromatic rings. The molecule has 5 nitrogen and oxygen atoms in total. The number of nitrogens with zero attached hydrogens (tertiary/aromatic N) is 1. The number of benzene rings is 3. The second-order valence-corrected chi connectivity index (χ2v) is 9.54. The van der Waals surface area contributed by atoms with Crippen LogP contribution < -0.4 is 9.62 Å². The van der Waals surface area contributed by atoms with Gasteiger partial charge in [-0.05, 0) is 60.5 Å². The number of rotatable bonds is 7. The van der Waals surface area contributed by atoms with Crippen LogP contribution in [0.1, 0.15) is 34.5 Å². The van der Waals surface area contributed by atoms with Crippen molar-refractivity contribution in [3.05, 3.63) is 100 Å². The SMILES string of the molecule is CC(NC(=O)c1ccc(CN(c2cccc(Cl)c2)S(C)(=O)=O)cc1)c1ccc(F)cc1. The Morgan fingerprint density at radius 1 is 1.06 bits per heavy atom. The zero-order valence-corrected chi connectivity index (χ0v) is 18.6. The molecule has 3 aromatic carbocycles. The Kier molecular flexibility index (Phi) is 6.97. The highest BCUT2D eigenvalue weighted by atomic mass is 35.5. The van der Waals surface area contributed by atoms with Crippen LogP contribution in [-0.2, 0) is 16.6 Å². The molecular weight excluding hydrogens is 439 g/mol. The number of anilines is 1. The summed E-state index contributed by atoms with van der Waals surface area (Å²) < 4.78 is 38.9. The molecule has 0 spiro atoms. The van der Waals surface area contributed by atoms with Gasteiger partial charge in [-0.2, -0.15) is 0 Å². The van der Waals surface area contributed by atoms with Crippen LogP contribution in [-0.4, -0.2) is 20.6 Å². The fourth-order valence-corrected chi connectivity index (χ4v) is 4.14. The monoisotopic (exact) mass is 460 g/mol. The Labute approximate surface area is 186 Å². The standard InChI is InChI=1S/C23H22ClFN2O3S/c1-16(18-10-12-21(25)13-11-18)26-23(28)19-8-6-17(7-9-19)15-27(31(2,29)30)22-5-3-4-20(24)14-22/h3-14,16H,15H2,1-2H3,(H,26,28). The largest absolute Gasteiger partial charge is 0.346 e. The highest BCUT2D eigenvalue weighted by Crippen LogP contribution is 2.24. The van der Waals surface area contributed by atoms with Crippen molar-refractivity contribution in [2.45, 2.75) is 19.5 Å². The lowest BCUT2D eigenvalue weighted by molar-refractivity contribution is 0.0940. The van der Waals surface area contributed by atoms with Crippen molar-refractivity contribution in [1.82, 2.24) is 5.32 Å². The molecule has 3 rings (SSSR count). The molecule has 0 saturated carbocycles. The number of carbonyl (C=O) groups excluding carboxylic acids is 1. The lowest BCUT2D eigenvalue weighted by atomic mass is 10.1. The van der Waals surface area contributed by atoms with Crippen LogP contribution in [0.5, 0.6) is 0 Å². The summed E-state index contributed by atoms with van der Waals surface area (Å²) in [7, 11) is -3.54. The molecule has 0 fully saturated rings. The molecule has 0 aliphatic carbocycles. The maximum Gasteiger partial charge on any atom is 0.251 e. The van der Waals surface area contributed by atoms with Gasteiger partial charge in [0.25, 0.3) is 5.91 Å². The summed E-state index contributed by atoms with van der Waals surface area (Å²) in [6, 6.07) is 19.0. The first-order chi connectivity index (χ1) is 14.6. The summed E-state index contributed by atoms with van der Waals surface area (Å²) >= 11 is 6.01. The maximum atomic E-state index is 13.1. The number of carbonyl (C=O) groups is 1. The Hall–Kier alpha value is -2.90. The van der Waals surface area contributed by atoms with Gasteiger partial charge in [0.15, 0.2) is 0 Å². The van der Waals surface area contributed by atoms with Crippen LogP contribution in [0.25, 0.3) is 0 Å². The molecule has 0 heterocycles. The first-order valence-corrected chi connectivity index (χ1v) is 11.7. The molecule has 0 radical (unpaired) electrons. The van der Waals surface area contributed by atoms with E-state index in [1.54, 1.807) is 60.7 Å². The van der Waals surface area contributed by atoms with Gasteiger partial charge in [0.2, 0.25) is 10.0 Å². The predicted octanol–water partition coefficient (Wildman–Crippen LogP) is 4.94. The van der Waals surface area contributed by atoms with E-state index < -0.39 is 10.0 Å². The van der Waals surface area contributed by atoms with Crippen molar-refractivity contribution in [2.75, 3.05) is 10.6 Å². The van der Waals surface area contributed by atoms with E-state index in [0.29, 0.717) is 21.8 Å². The summed E-state index contributed by atoms with van der Waals surface area (Å²) in [4.78, 5) is 12.5. The molecule has 0 aromatic heterocycles. The van der Waals surface area contributed by atoms with Crippen LogP contribution in [0.4, 0.5) is 10.1 Å². The third-order valence-corrected chi connectivity index (χ3v) is 6.13. The fourth-order valence-electron chi connectivity index (χ4n) is 3.07. The molecule has 0 aliphatic heterocycles. The van der Waals surface area contributed by atoms with Crippen LogP contribution >= 0.6 is 11.6 Å². The number of halogens is 2. The second kappa shape index (κ2) is 9.49. The smallest absolute Gasteiger partial charge is 0.251 e.